The molecule has 1 saturated carbocycles. The van der Waals surface area contributed by atoms with Gasteiger partial charge in [0.15, 0.2) is 5.65 Å². The molecular formula is C26H27N7O3S. The van der Waals surface area contributed by atoms with Gasteiger partial charge in [0.05, 0.1) is 35.0 Å². The number of hydrogen-bond acceptors (Lipinski definition) is 7. The first-order valence-electron chi connectivity index (χ1n) is 12.2. The van der Waals surface area contributed by atoms with E-state index in [2.05, 4.69) is 31.9 Å². The molecule has 4 aromatic rings. The van der Waals surface area contributed by atoms with Crippen molar-refractivity contribution in [2.24, 2.45) is 5.92 Å². The summed E-state index contributed by atoms with van der Waals surface area (Å²) >= 11 is 0. The monoisotopic (exact) mass is 517 g/mol. The number of H-pyrrole nitrogens is 1. The van der Waals surface area contributed by atoms with Crippen LogP contribution in [-0.2, 0) is 21.2 Å². The Bertz CT molecular complexity index is 1530. The molecule has 0 atom stereocenters. The zero-order chi connectivity index (χ0) is 25.8. The van der Waals surface area contributed by atoms with Crippen LogP contribution in [0, 0.1) is 17.2 Å². The van der Waals surface area contributed by atoms with E-state index in [0.717, 1.165) is 25.7 Å². The molecule has 1 aliphatic rings. The van der Waals surface area contributed by atoms with Crippen LogP contribution in [-0.4, -0.2) is 39.5 Å². The minimum Gasteiger partial charge on any atom is -0.380 e. The zero-order valence-corrected chi connectivity index (χ0v) is 20.9. The molecule has 3 N–H and O–H groups in total. The predicted molar refractivity (Wildman–Crippen MR) is 139 cm³/mol. The number of carbonyl (C=O) groups is 1. The van der Waals surface area contributed by atoms with Gasteiger partial charge in [0, 0.05) is 35.9 Å². The summed E-state index contributed by atoms with van der Waals surface area (Å²) in [7, 11) is -3.86. The Kier molecular flexibility index (Phi) is 6.92. The summed E-state index contributed by atoms with van der Waals surface area (Å²) in [4.78, 5) is 17.4. The standard InChI is InChI=1S/C26H27N7O3S/c27-13-10-18-6-8-19(9-7-18)30-25-22-12-15-33(37(35,36)21-4-2-1-3-5-21)26(22)28-17-23(25)31-24(34)16-20-11-14-29-32-20/h1-5,11-12,14-15,17-19H,6-10,16H2,(H,28,30)(H,29,32)(H,31,34)/t18-,19-. The third kappa shape index (κ3) is 5.20. The Morgan fingerprint density at radius 1 is 1.14 bits per heavy atom. The van der Waals surface area contributed by atoms with Gasteiger partial charge in [-0.25, -0.2) is 17.4 Å². The zero-order valence-electron chi connectivity index (χ0n) is 20.1. The quantitative estimate of drug-likeness (QED) is 0.319. The Balaban J connectivity index is 1.49. The fourth-order valence-corrected chi connectivity index (χ4v) is 6.13. The number of benzene rings is 1. The fraction of sp³-hybridized carbons (Fsp3) is 0.308. The van der Waals surface area contributed by atoms with Crippen LogP contribution in [0.3, 0.4) is 0 Å². The van der Waals surface area contributed by atoms with Crippen LogP contribution < -0.4 is 10.6 Å². The van der Waals surface area contributed by atoms with Crippen LogP contribution in [0.5, 0.6) is 0 Å². The first-order chi connectivity index (χ1) is 18.0. The first-order valence-corrected chi connectivity index (χ1v) is 13.6. The van der Waals surface area contributed by atoms with Gasteiger partial charge in [-0.15, -0.1) is 0 Å². The second-order valence-corrected chi connectivity index (χ2v) is 11.1. The van der Waals surface area contributed by atoms with Gasteiger partial charge in [-0.1, -0.05) is 18.2 Å². The summed E-state index contributed by atoms with van der Waals surface area (Å²) in [5, 5.41) is 22.8. The minimum atomic E-state index is -3.86. The van der Waals surface area contributed by atoms with Crippen LogP contribution in [0.4, 0.5) is 11.4 Å². The first kappa shape index (κ1) is 24.5. The molecule has 1 aliphatic carbocycles. The van der Waals surface area contributed by atoms with Gasteiger partial charge in [0.2, 0.25) is 5.91 Å². The number of carbonyl (C=O) groups excluding carboxylic acids is 1. The number of hydrogen-bond donors (Lipinski definition) is 3. The van der Waals surface area contributed by atoms with Crippen molar-refractivity contribution in [3.05, 3.63) is 66.7 Å². The number of nitriles is 1. The van der Waals surface area contributed by atoms with Gasteiger partial charge in [-0.2, -0.15) is 10.4 Å². The second-order valence-electron chi connectivity index (χ2n) is 9.24. The van der Waals surface area contributed by atoms with E-state index < -0.39 is 10.0 Å². The number of amides is 1. The third-order valence-corrected chi connectivity index (χ3v) is 8.42. The number of rotatable bonds is 8. The van der Waals surface area contributed by atoms with E-state index in [0.29, 0.717) is 34.8 Å². The summed E-state index contributed by atoms with van der Waals surface area (Å²) in [5.41, 5.74) is 2.06. The number of anilines is 2. The molecular weight excluding hydrogens is 490 g/mol. The third-order valence-electron chi connectivity index (χ3n) is 6.74. The van der Waals surface area contributed by atoms with Gasteiger partial charge in [0.25, 0.3) is 10.0 Å². The van der Waals surface area contributed by atoms with Crippen molar-refractivity contribution in [2.45, 2.75) is 49.5 Å². The summed E-state index contributed by atoms with van der Waals surface area (Å²) in [6.45, 7) is 0. The number of aromatic nitrogens is 4. The molecule has 3 aromatic heterocycles. The molecule has 1 aromatic carbocycles. The van der Waals surface area contributed by atoms with Crippen molar-refractivity contribution in [3.63, 3.8) is 0 Å². The van der Waals surface area contributed by atoms with Crippen molar-refractivity contribution < 1.29 is 13.2 Å². The van der Waals surface area contributed by atoms with E-state index in [1.54, 1.807) is 48.7 Å². The van der Waals surface area contributed by atoms with Gasteiger partial charge in [-0.3, -0.25) is 9.89 Å². The molecule has 0 radical (unpaired) electrons. The van der Waals surface area contributed by atoms with Crippen molar-refractivity contribution in [1.29, 1.82) is 5.26 Å². The highest BCUT2D eigenvalue weighted by Crippen LogP contribution is 2.36. The molecule has 5 rings (SSSR count). The van der Waals surface area contributed by atoms with Crippen molar-refractivity contribution in [3.8, 4) is 6.07 Å². The van der Waals surface area contributed by atoms with Crippen molar-refractivity contribution >= 4 is 38.3 Å². The van der Waals surface area contributed by atoms with E-state index in [4.69, 9.17) is 5.26 Å². The average molecular weight is 518 g/mol. The van der Waals surface area contributed by atoms with Crippen LogP contribution in [0.1, 0.15) is 37.8 Å². The number of nitrogens with one attached hydrogen (secondary N) is 3. The molecule has 0 unspecified atom stereocenters. The van der Waals surface area contributed by atoms with Gasteiger partial charge >= 0.3 is 0 Å². The molecule has 11 heteroatoms. The van der Waals surface area contributed by atoms with Gasteiger partial charge in [0.1, 0.15) is 0 Å². The maximum absolute atomic E-state index is 13.3. The van der Waals surface area contributed by atoms with E-state index in [1.165, 1.54) is 16.4 Å². The lowest BCUT2D eigenvalue weighted by atomic mass is 9.84. The largest absolute Gasteiger partial charge is 0.380 e. The lowest BCUT2D eigenvalue weighted by Gasteiger charge is -2.29. The maximum Gasteiger partial charge on any atom is 0.269 e. The fourth-order valence-electron chi connectivity index (χ4n) is 4.81. The lowest BCUT2D eigenvalue weighted by molar-refractivity contribution is -0.115. The van der Waals surface area contributed by atoms with Crippen LogP contribution >= 0.6 is 0 Å². The van der Waals surface area contributed by atoms with Gasteiger partial charge in [-0.05, 0) is 55.9 Å². The molecule has 0 aliphatic heterocycles. The van der Waals surface area contributed by atoms with Crippen molar-refractivity contribution in [1.82, 2.24) is 19.2 Å². The van der Waals surface area contributed by atoms with Crippen LogP contribution in [0.2, 0.25) is 0 Å². The molecule has 10 nitrogen and oxygen atoms in total. The molecule has 1 fully saturated rings. The average Bonchev–Trinajstić information content (AvgIpc) is 3.57. The van der Waals surface area contributed by atoms with E-state index in [9.17, 15) is 13.2 Å². The smallest absolute Gasteiger partial charge is 0.269 e. The Labute approximate surface area is 214 Å². The number of fused-ring (bicyclic) bond motifs is 1. The Morgan fingerprint density at radius 2 is 1.92 bits per heavy atom. The SMILES string of the molecule is N#CC[C@H]1CC[C@H](Nc2c(NC(=O)Cc3ccn[nH]3)cnc3c2ccn3S(=O)(=O)c2ccccc2)CC1. The highest BCUT2D eigenvalue weighted by molar-refractivity contribution is 7.90. The minimum absolute atomic E-state index is 0.111. The Hall–Kier alpha value is -4.17. The summed E-state index contributed by atoms with van der Waals surface area (Å²) in [5.74, 6) is 0.147. The molecule has 1 amide bonds. The molecule has 0 bridgehead atoms. The molecule has 0 saturated heterocycles. The highest BCUT2D eigenvalue weighted by Gasteiger charge is 2.25. The van der Waals surface area contributed by atoms with Crippen molar-refractivity contribution in [2.75, 3.05) is 10.6 Å². The molecule has 190 valence electrons. The van der Waals surface area contributed by atoms with Crippen LogP contribution in [0.25, 0.3) is 11.0 Å². The number of pyridine rings is 1. The summed E-state index contributed by atoms with van der Waals surface area (Å²) in [6.07, 6.45) is 8.86. The summed E-state index contributed by atoms with van der Waals surface area (Å²) < 4.78 is 27.9. The van der Waals surface area contributed by atoms with Gasteiger partial charge < -0.3 is 10.6 Å². The molecule has 3 heterocycles. The van der Waals surface area contributed by atoms with E-state index in [1.807, 2.05) is 0 Å². The molecule has 37 heavy (non-hydrogen) atoms. The second kappa shape index (κ2) is 10.4. The normalized spacial score (nSPS) is 17.8. The Morgan fingerprint density at radius 3 is 2.62 bits per heavy atom. The van der Waals surface area contributed by atoms with Crippen LogP contribution in [0.15, 0.2) is 66.0 Å². The highest BCUT2D eigenvalue weighted by atomic mass is 32.2. The lowest BCUT2D eigenvalue weighted by Crippen LogP contribution is -2.27. The molecule has 0 spiro atoms. The summed E-state index contributed by atoms with van der Waals surface area (Å²) in [6, 6.07) is 14.0. The van der Waals surface area contributed by atoms with E-state index in [-0.39, 0.29) is 28.9 Å². The maximum atomic E-state index is 13.3. The van der Waals surface area contributed by atoms with E-state index >= 15 is 0 Å². The number of nitrogens with zero attached hydrogens (tertiary/aromatic N) is 4. The predicted octanol–water partition coefficient (Wildman–Crippen LogP) is 4.06. The topological polar surface area (TPSA) is 146 Å². The number of aromatic amines is 1.